The van der Waals surface area contributed by atoms with E-state index >= 15 is 0 Å². The number of hydrogen-bond acceptors (Lipinski definition) is 4. The SMILES string of the molecule is COc1ccc(CCC2CCCCN2CCCO)cc1OC. The molecule has 4 nitrogen and oxygen atoms in total. The van der Waals surface area contributed by atoms with Gasteiger partial charge in [0.05, 0.1) is 14.2 Å². The maximum atomic E-state index is 9.05. The number of hydrogen-bond donors (Lipinski definition) is 1. The first-order valence-electron chi connectivity index (χ1n) is 8.34. The number of benzene rings is 1. The summed E-state index contributed by atoms with van der Waals surface area (Å²) in [5.74, 6) is 1.59. The van der Waals surface area contributed by atoms with Gasteiger partial charge in [0.15, 0.2) is 11.5 Å². The highest BCUT2D eigenvalue weighted by atomic mass is 16.5. The monoisotopic (exact) mass is 307 g/mol. The van der Waals surface area contributed by atoms with E-state index in [0.717, 1.165) is 30.9 Å². The predicted octanol–water partition coefficient (Wildman–Crippen LogP) is 2.87. The maximum Gasteiger partial charge on any atom is 0.160 e. The first-order valence-corrected chi connectivity index (χ1v) is 8.34. The topological polar surface area (TPSA) is 41.9 Å². The second kappa shape index (κ2) is 9.01. The van der Waals surface area contributed by atoms with Gasteiger partial charge in [0, 0.05) is 19.2 Å². The van der Waals surface area contributed by atoms with Crippen LogP contribution >= 0.6 is 0 Å². The lowest BCUT2D eigenvalue weighted by Gasteiger charge is -2.35. The number of ether oxygens (including phenoxy) is 2. The van der Waals surface area contributed by atoms with E-state index in [4.69, 9.17) is 14.6 Å². The molecule has 1 aliphatic rings. The Kier molecular flexibility index (Phi) is 7.00. The van der Waals surface area contributed by atoms with Crippen molar-refractivity contribution in [3.05, 3.63) is 23.8 Å². The average molecular weight is 307 g/mol. The normalized spacial score (nSPS) is 19.1. The van der Waals surface area contributed by atoms with E-state index in [9.17, 15) is 0 Å². The third kappa shape index (κ3) is 4.62. The van der Waals surface area contributed by atoms with E-state index < -0.39 is 0 Å². The zero-order valence-electron chi connectivity index (χ0n) is 13.9. The van der Waals surface area contributed by atoms with Crippen LogP contribution in [0.25, 0.3) is 0 Å². The summed E-state index contributed by atoms with van der Waals surface area (Å²) in [4.78, 5) is 2.56. The van der Waals surface area contributed by atoms with E-state index in [1.54, 1.807) is 14.2 Å². The Labute approximate surface area is 134 Å². The summed E-state index contributed by atoms with van der Waals surface area (Å²) in [5.41, 5.74) is 1.30. The van der Waals surface area contributed by atoms with Crippen LogP contribution in [-0.2, 0) is 6.42 Å². The molecule has 0 amide bonds. The van der Waals surface area contributed by atoms with Crippen LogP contribution < -0.4 is 9.47 Å². The second-order valence-corrected chi connectivity index (χ2v) is 5.99. The molecule has 124 valence electrons. The summed E-state index contributed by atoms with van der Waals surface area (Å²) in [6.07, 6.45) is 7.00. The number of methoxy groups -OCH3 is 2. The lowest BCUT2D eigenvalue weighted by atomic mass is 9.95. The minimum atomic E-state index is 0.291. The van der Waals surface area contributed by atoms with Crippen molar-refractivity contribution in [1.82, 2.24) is 4.90 Å². The van der Waals surface area contributed by atoms with Crippen molar-refractivity contribution >= 4 is 0 Å². The van der Waals surface area contributed by atoms with E-state index in [1.807, 2.05) is 6.07 Å². The lowest BCUT2D eigenvalue weighted by Crippen LogP contribution is -2.40. The molecule has 1 saturated heterocycles. The number of aryl methyl sites for hydroxylation is 1. The molecule has 1 aliphatic heterocycles. The van der Waals surface area contributed by atoms with E-state index in [0.29, 0.717) is 12.6 Å². The van der Waals surface area contributed by atoms with Crippen LogP contribution in [0, 0.1) is 0 Å². The molecule has 0 spiro atoms. The number of nitrogens with zero attached hydrogens (tertiary/aromatic N) is 1. The van der Waals surface area contributed by atoms with Gasteiger partial charge in [0.25, 0.3) is 0 Å². The lowest BCUT2D eigenvalue weighted by molar-refractivity contribution is 0.128. The van der Waals surface area contributed by atoms with Crippen LogP contribution in [0.2, 0.25) is 0 Å². The fourth-order valence-electron chi connectivity index (χ4n) is 3.32. The highest BCUT2D eigenvalue weighted by Gasteiger charge is 2.21. The van der Waals surface area contributed by atoms with Gasteiger partial charge in [-0.25, -0.2) is 0 Å². The Bertz CT molecular complexity index is 450. The van der Waals surface area contributed by atoms with Gasteiger partial charge in [-0.3, -0.25) is 0 Å². The van der Waals surface area contributed by atoms with Crippen molar-refractivity contribution in [3.63, 3.8) is 0 Å². The van der Waals surface area contributed by atoms with E-state index in [2.05, 4.69) is 17.0 Å². The quantitative estimate of drug-likeness (QED) is 0.802. The minimum absolute atomic E-state index is 0.291. The fraction of sp³-hybridized carbons (Fsp3) is 0.667. The third-order valence-electron chi connectivity index (χ3n) is 4.57. The predicted molar refractivity (Wildman–Crippen MR) is 88.8 cm³/mol. The molecule has 1 fully saturated rings. The first-order chi connectivity index (χ1) is 10.8. The Morgan fingerprint density at radius 3 is 2.73 bits per heavy atom. The van der Waals surface area contributed by atoms with Crippen molar-refractivity contribution in [1.29, 1.82) is 0 Å². The van der Waals surface area contributed by atoms with Crippen molar-refractivity contribution in [3.8, 4) is 11.5 Å². The van der Waals surface area contributed by atoms with Crippen LogP contribution in [0.1, 0.15) is 37.7 Å². The molecule has 1 unspecified atom stereocenters. The molecular formula is C18H29NO3. The fourth-order valence-corrected chi connectivity index (χ4v) is 3.32. The molecule has 1 N–H and O–H groups in total. The first kappa shape index (κ1) is 17.1. The van der Waals surface area contributed by atoms with Gasteiger partial charge in [-0.1, -0.05) is 12.5 Å². The smallest absolute Gasteiger partial charge is 0.160 e. The van der Waals surface area contributed by atoms with Gasteiger partial charge >= 0.3 is 0 Å². The molecule has 0 aromatic heterocycles. The van der Waals surface area contributed by atoms with Crippen molar-refractivity contribution < 1.29 is 14.6 Å². The number of aliphatic hydroxyl groups is 1. The van der Waals surface area contributed by atoms with Gasteiger partial charge in [0.2, 0.25) is 0 Å². The molecule has 1 heterocycles. The van der Waals surface area contributed by atoms with Gasteiger partial charge < -0.3 is 19.5 Å². The molecule has 0 radical (unpaired) electrons. The van der Waals surface area contributed by atoms with Crippen LogP contribution in [0.5, 0.6) is 11.5 Å². The average Bonchev–Trinajstić information content (AvgIpc) is 2.58. The standard InChI is InChI=1S/C18H29NO3/c1-21-17-10-8-15(14-18(17)22-2)7-9-16-6-3-4-11-19(16)12-5-13-20/h8,10,14,16,20H,3-7,9,11-13H2,1-2H3. The zero-order chi connectivity index (χ0) is 15.8. The number of rotatable bonds is 8. The summed E-state index contributed by atoms with van der Waals surface area (Å²) in [6, 6.07) is 6.84. The van der Waals surface area contributed by atoms with Crippen molar-refractivity contribution in [2.45, 2.75) is 44.6 Å². The van der Waals surface area contributed by atoms with Gasteiger partial charge in [-0.2, -0.15) is 0 Å². The van der Waals surface area contributed by atoms with Crippen LogP contribution in [0.3, 0.4) is 0 Å². The Morgan fingerprint density at radius 2 is 2.00 bits per heavy atom. The molecule has 4 heteroatoms. The minimum Gasteiger partial charge on any atom is -0.493 e. The second-order valence-electron chi connectivity index (χ2n) is 5.99. The molecule has 22 heavy (non-hydrogen) atoms. The van der Waals surface area contributed by atoms with Crippen molar-refractivity contribution in [2.24, 2.45) is 0 Å². The van der Waals surface area contributed by atoms with Gasteiger partial charge in [0.1, 0.15) is 0 Å². The van der Waals surface area contributed by atoms with Gasteiger partial charge in [-0.05, 0) is 56.3 Å². The van der Waals surface area contributed by atoms with Crippen LogP contribution in [-0.4, -0.2) is 50.0 Å². The summed E-state index contributed by atoms with van der Waals surface area (Å²) in [5, 5.41) is 9.05. The maximum absolute atomic E-state index is 9.05. The molecule has 1 atom stereocenters. The number of likely N-dealkylation sites (tertiary alicyclic amines) is 1. The number of aliphatic hydroxyl groups excluding tert-OH is 1. The molecule has 2 rings (SSSR count). The largest absolute Gasteiger partial charge is 0.493 e. The van der Waals surface area contributed by atoms with Gasteiger partial charge in [-0.15, -0.1) is 0 Å². The molecule has 1 aromatic carbocycles. The molecule has 1 aromatic rings. The highest BCUT2D eigenvalue weighted by Crippen LogP contribution is 2.29. The highest BCUT2D eigenvalue weighted by molar-refractivity contribution is 5.42. The van der Waals surface area contributed by atoms with Crippen LogP contribution in [0.15, 0.2) is 18.2 Å². The Balaban J connectivity index is 1.92. The summed E-state index contributed by atoms with van der Waals surface area (Å²) >= 11 is 0. The van der Waals surface area contributed by atoms with E-state index in [-0.39, 0.29) is 0 Å². The summed E-state index contributed by atoms with van der Waals surface area (Å²) in [7, 11) is 3.35. The molecule has 0 bridgehead atoms. The summed E-state index contributed by atoms with van der Waals surface area (Å²) < 4.78 is 10.7. The number of piperidine rings is 1. The molecule has 0 saturated carbocycles. The molecular weight excluding hydrogens is 278 g/mol. The van der Waals surface area contributed by atoms with Crippen LogP contribution in [0.4, 0.5) is 0 Å². The molecule has 0 aliphatic carbocycles. The Morgan fingerprint density at radius 1 is 1.18 bits per heavy atom. The van der Waals surface area contributed by atoms with E-state index in [1.165, 1.54) is 37.8 Å². The Hall–Kier alpha value is -1.26. The zero-order valence-corrected chi connectivity index (χ0v) is 13.9. The van der Waals surface area contributed by atoms with Crippen molar-refractivity contribution in [2.75, 3.05) is 33.9 Å². The third-order valence-corrected chi connectivity index (χ3v) is 4.57. The summed E-state index contributed by atoms with van der Waals surface area (Å²) in [6.45, 7) is 2.49.